The Morgan fingerprint density at radius 2 is 1.82 bits per heavy atom. The van der Waals surface area contributed by atoms with Gasteiger partial charge in [0.15, 0.2) is 5.75 Å². The molecule has 204 valence electrons. The second-order valence-corrected chi connectivity index (χ2v) is 11.6. The number of halogens is 3. The number of carbonyl (C=O) groups excluding carboxylic acids is 1. The molecule has 0 unspecified atom stereocenters. The van der Waals surface area contributed by atoms with E-state index in [-0.39, 0.29) is 40.0 Å². The standard InChI is InChI=1S/C26H23ClF2N4O4S2/c1-33-13-16(26(34)31-20-7-17(27)8-21(11-20)32-39(3,35)36)6-23(33)25-24(10-19(29)12-30-25)37-14-15-4-18(28)9-22(5-15)38-2/h4-13,32H,14H2,1-3H3,(H,31,34). The summed E-state index contributed by atoms with van der Waals surface area (Å²) in [6.45, 7) is -0.0279. The molecule has 0 saturated carbocycles. The minimum absolute atomic E-state index is 0.0279. The lowest BCUT2D eigenvalue weighted by Crippen LogP contribution is -2.13. The number of anilines is 2. The number of rotatable bonds is 9. The number of nitrogens with zero attached hydrogens (tertiary/aromatic N) is 2. The van der Waals surface area contributed by atoms with Gasteiger partial charge >= 0.3 is 0 Å². The normalized spacial score (nSPS) is 11.3. The molecule has 2 aromatic heterocycles. The Kier molecular flexibility index (Phi) is 8.48. The number of aromatic nitrogens is 2. The molecule has 2 aromatic carbocycles. The van der Waals surface area contributed by atoms with E-state index in [0.29, 0.717) is 11.3 Å². The summed E-state index contributed by atoms with van der Waals surface area (Å²) in [5.41, 5.74) is 2.01. The van der Waals surface area contributed by atoms with Gasteiger partial charge in [0, 0.05) is 34.9 Å². The van der Waals surface area contributed by atoms with Gasteiger partial charge < -0.3 is 14.6 Å². The van der Waals surface area contributed by atoms with Crippen molar-refractivity contribution in [1.82, 2.24) is 9.55 Å². The Labute approximate surface area is 233 Å². The smallest absolute Gasteiger partial charge is 0.257 e. The SMILES string of the molecule is CSc1cc(F)cc(COc2cc(F)cnc2-c2cc(C(=O)Nc3cc(Cl)cc(NS(C)(=O)=O)c3)cn2C)c1. The van der Waals surface area contributed by atoms with Gasteiger partial charge in [0.05, 0.1) is 29.4 Å². The van der Waals surface area contributed by atoms with Crippen LogP contribution in [0, 0.1) is 11.6 Å². The minimum atomic E-state index is -3.55. The quantitative estimate of drug-likeness (QED) is 0.233. The van der Waals surface area contributed by atoms with Gasteiger partial charge in [-0.1, -0.05) is 11.6 Å². The molecule has 0 aliphatic heterocycles. The lowest BCUT2D eigenvalue weighted by Gasteiger charge is -2.12. The molecular weight excluding hydrogens is 570 g/mol. The number of pyridine rings is 1. The highest BCUT2D eigenvalue weighted by Crippen LogP contribution is 2.31. The molecule has 0 atom stereocenters. The van der Waals surface area contributed by atoms with E-state index in [1.165, 1.54) is 48.2 Å². The summed E-state index contributed by atoms with van der Waals surface area (Å²) in [6, 6.07) is 11.6. The molecule has 8 nitrogen and oxygen atoms in total. The summed E-state index contributed by atoms with van der Waals surface area (Å²) in [5.74, 6) is -1.41. The molecule has 0 fully saturated rings. The van der Waals surface area contributed by atoms with Gasteiger partial charge in [-0.25, -0.2) is 22.2 Å². The van der Waals surface area contributed by atoms with Crippen molar-refractivity contribution in [2.75, 3.05) is 22.6 Å². The van der Waals surface area contributed by atoms with Crippen LogP contribution in [0.15, 0.2) is 65.8 Å². The van der Waals surface area contributed by atoms with Crippen molar-refractivity contribution in [2.24, 2.45) is 7.05 Å². The Balaban J connectivity index is 1.58. The number of ether oxygens (including phenoxy) is 1. The van der Waals surface area contributed by atoms with Crippen LogP contribution in [0.25, 0.3) is 11.4 Å². The Bertz CT molecular complexity index is 1660. The second-order valence-electron chi connectivity index (χ2n) is 8.57. The van der Waals surface area contributed by atoms with Gasteiger partial charge in [0.25, 0.3) is 5.91 Å². The molecule has 0 aliphatic carbocycles. The van der Waals surface area contributed by atoms with Gasteiger partial charge in [-0.15, -0.1) is 11.8 Å². The molecule has 13 heteroatoms. The van der Waals surface area contributed by atoms with E-state index in [0.717, 1.165) is 17.3 Å². The third kappa shape index (κ3) is 7.49. The molecule has 2 N–H and O–H groups in total. The van der Waals surface area contributed by atoms with Crippen LogP contribution < -0.4 is 14.8 Å². The lowest BCUT2D eigenvalue weighted by molar-refractivity contribution is 0.102. The van der Waals surface area contributed by atoms with Crippen LogP contribution in [0.4, 0.5) is 20.2 Å². The second kappa shape index (κ2) is 11.6. The van der Waals surface area contributed by atoms with Crippen LogP contribution in [-0.4, -0.2) is 36.4 Å². The summed E-state index contributed by atoms with van der Waals surface area (Å²) in [4.78, 5) is 17.9. The van der Waals surface area contributed by atoms with Crippen LogP contribution >= 0.6 is 23.4 Å². The average molecular weight is 593 g/mol. The Morgan fingerprint density at radius 3 is 2.54 bits per heavy atom. The summed E-state index contributed by atoms with van der Waals surface area (Å²) in [7, 11) is -1.86. The molecule has 4 rings (SSSR count). The molecule has 2 heterocycles. The summed E-state index contributed by atoms with van der Waals surface area (Å²) < 4.78 is 60.9. The fourth-order valence-corrected chi connectivity index (χ4v) is 5.05. The molecule has 1 amide bonds. The Morgan fingerprint density at radius 1 is 1.08 bits per heavy atom. The van der Waals surface area contributed by atoms with Crippen molar-refractivity contribution >= 4 is 50.7 Å². The molecule has 4 aromatic rings. The van der Waals surface area contributed by atoms with Gasteiger partial charge in [0.2, 0.25) is 10.0 Å². The molecule has 39 heavy (non-hydrogen) atoms. The monoisotopic (exact) mass is 592 g/mol. The van der Waals surface area contributed by atoms with Crippen molar-refractivity contribution < 1.29 is 26.7 Å². The number of sulfonamides is 1. The van der Waals surface area contributed by atoms with Crippen LogP contribution in [0.2, 0.25) is 5.02 Å². The maximum absolute atomic E-state index is 14.1. The van der Waals surface area contributed by atoms with E-state index in [2.05, 4.69) is 15.0 Å². The van der Waals surface area contributed by atoms with E-state index in [9.17, 15) is 22.0 Å². The van der Waals surface area contributed by atoms with Crippen molar-refractivity contribution in [3.05, 3.63) is 88.7 Å². The lowest BCUT2D eigenvalue weighted by atomic mass is 10.2. The fraction of sp³-hybridized carbons (Fsp3) is 0.154. The van der Waals surface area contributed by atoms with Crippen molar-refractivity contribution in [2.45, 2.75) is 11.5 Å². The number of hydrogen-bond acceptors (Lipinski definition) is 6. The Hall–Kier alpha value is -3.61. The summed E-state index contributed by atoms with van der Waals surface area (Å²) in [5, 5.41) is 2.90. The van der Waals surface area contributed by atoms with Crippen LogP contribution in [-0.2, 0) is 23.7 Å². The highest BCUT2D eigenvalue weighted by molar-refractivity contribution is 7.98. The van der Waals surface area contributed by atoms with E-state index < -0.39 is 27.6 Å². The average Bonchev–Trinajstić information content (AvgIpc) is 3.22. The zero-order chi connectivity index (χ0) is 28.3. The van der Waals surface area contributed by atoms with Gasteiger partial charge in [0.1, 0.15) is 23.9 Å². The maximum Gasteiger partial charge on any atom is 0.257 e. The number of aryl methyl sites for hydroxylation is 1. The third-order valence-electron chi connectivity index (χ3n) is 5.35. The number of nitrogens with one attached hydrogen (secondary N) is 2. The first-order valence-electron chi connectivity index (χ1n) is 11.3. The maximum atomic E-state index is 14.1. The molecule has 0 radical (unpaired) electrons. The zero-order valence-corrected chi connectivity index (χ0v) is 23.3. The van der Waals surface area contributed by atoms with Crippen LogP contribution in [0.1, 0.15) is 15.9 Å². The van der Waals surface area contributed by atoms with E-state index >= 15 is 0 Å². The first-order valence-corrected chi connectivity index (χ1v) is 14.8. The number of hydrogen-bond donors (Lipinski definition) is 2. The molecule has 0 bridgehead atoms. The van der Waals surface area contributed by atoms with Crippen LogP contribution in [0.5, 0.6) is 5.75 Å². The highest BCUT2D eigenvalue weighted by atomic mass is 35.5. The van der Waals surface area contributed by atoms with E-state index in [1.807, 2.05) is 6.26 Å². The van der Waals surface area contributed by atoms with Gasteiger partial charge in [-0.3, -0.25) is 9.52 Å². The van der Waals surface area contributed by atoms with Crippen molar-refractivity contribution in [3.8, 4) is 17.1 Å². The van der Waals surface area contributed by atoms with Crippen molar-refractivity contribution in [1.29, 1.82) is 0 Å². The summed E-state index contributed by atoms with van der Waals surface area (Å²) >= 11 is 7.47. The largest absolute Gasteiger partial charge is 0.486 e. The molecule has 0 spiro atoms. The molecule has 0 saturated heterocycles. The predicted octanol–water partition coefficient (Wildman–Crippen LogP) is 5.94. The zero-order valence-electron chi connectivity index (χ0n) is 21.0. The van der Waals surface area contributed by atoms with E-state index in [4.69, 9.17) is 16.3 Å². The molecule has 0 aliphatic rings. The highest BCUT2D eigenvalue weighted by Gasteiger charge is 2.18. The van der Waals surface area contributed by atoms with Crippen LogP contribution in [0.3, 0.4) is 0 Å². The third-order valence-corrected chi connectivity index (χ3v) is 6.88. The number of benzene rings is 2. The number of carbonyl (C=O) groups is 1. The van der Waals surface area contributed by atoms with Crippen molar-refractivity contribution in [3.63, 3.8) is 0 Å². The topological polar surface area (TPSA) is 102 Å². The predicted molar refractivity (Wildman–Crippen MR) is 149 cm³/mol. The van der Waals surface area contributed by atoms with Gasteiger partial charge in [-0.05, 0) is 54.3 Å². The minimum Gasteiger partial charge on any atom is -0.486 e. The van der Waals surface area contributed by atoms with Gasteiger partial charge in [-0.2, -0.15) is 0 Å². The summed E-state index contributed by atoms with van der Waals surface area (Å²) in [6.07, 6.45) is 5.41. The fourth-order valence-electron chi connectivity index (χ4n) is 3.77. The first-order chi connectivity index (χ1) is 18.4. The first kappa shape index (κ1) is 28.4. The number of thioether (sulfide) groups is 1. The van der Waals surface area contributed by atoms with E-state index in [1.54, 1.807) is 29.9 Å². The molecular formula is C26H23ClF2N4O4S2. The number of amides is 1.